The number of alkyl halides is 1. The summed E-state index contributed by atoms with van der Waals surface area (Å²) in [4.78, 5) is -3.44. The Bertz CT molecular complexity index is 312. The Hall–Kier alpha value is -0.250. The second-order valence-electron chi connectivity index (χ2n) is 1.45. The van der Waals surface area contributed by atoms with Gasteiger partial charge in [0.25, 0.3) is 0 Å². The van der Waals surface area contributed by atoms with Gasteiger partial charge in [0.05, 0.1) is 7.11 Å². The molecule has 9 heteroatoms. The second-order valence-corrected chi connectivity index (χ2v) is 4.92. The molecule has 1 unspecified atom stereocenters. The van der Waals surface area contributed by atoms with Gasteiger partial charge in [0.1, 0.15) is 0 Å². The molecule has 0 rings (SSSR count). The van der Waals surface area contributed by atoms with E-state index < -0.39 is 25.1 Å². The summed E-state index contributed by atoms with van der Waals surface area (Å²) < 4.78 is 63.6. The highest BCUT2D eigenvalue weighted by Gasteiger charge is 2.36. The van der Waals surface area contributed by atoms with Gasteiger partial charge in [-0.15, -0.1) is 0 Å². The van der Waals surface area contributed by atoms with Gasteiger partial charge in [0.2, 0.25) is 0 Å². The third-order valence-corrected chi connectivity index (χ3v) is 3.52. The summed E-state index contributed by atoms with van der Waals surface area (Å²) in [7, 11) is -9.54. The monoisotopic (exact) mass is 208 g/mol. The number of hydrogen-bond acceptors (Lipinski definition) is 5. The molecular formula is C2H5FO6S2. The van der Waals surface area contributed by atoms with Crippen LogP contribution in [-0.2, 0) is 24.4 Å². The standard InChI is InChI=1S/C2H5FO6S2/c1-9-11(7,8)2(3)10(4,5)6/h2H,1H3,(H,4,5,6). The molecule has 0 aliphatic rings. The molecule has 0 saturated heterocycles. The molecule has 0 radical (unpaired) electrons. The van der Waals surface area contributed by atoms with Crippen LogP contribution in [0.4, 0.5) is 4.39 Å². The Morgan fingerprint density at radius 1 is 1.36 bits per heavy atom. The number of rotatable bonds is 3. The Balaban J connectivity index is 4.96. The molecule has 0 aliphatic heterocycles. The summed E-state index contributed by atoms with van der Waals surface area (Å²) in [6.45, 7) is 0. The molecule has 68 valence electrons. The van der Waals surface area contributed by atoms with Crippen LogP contribution in [0.1, 0.15) is 0 Å². The number of hydrogen-bond donors (Lipinski definition) is 1. The van der Waals surface area contributed by atoms with Crippen molar-refractivity contribution in [1.29, 1.82) is 0 Å². The highest BCUT2D eigenvalue weighted by atomic mass is 32.3. The fourth-order valence-electron chi connectivity index (χ4n) is 0.225. The summed E-state index contributed by atoms with van der Waals surface area (Å²) in [5.74, 6) is 0. The largest absolute Gasteiger partial charge is 0.348 e. The van der Waals surface area contributed by atoms with Gasteiger partial charge >= 0.3 is 25.1 Å². The molecule has 0 saturated carbocycles. The lowest BCUT2D eigenvalue weighted by Gasteiger charge is -2.02. The summed E-state index contributed by atoms with van der Waals surface area (Å²) in [5.41, 5.74) is 0. The lowest BCUT2D eigenvalue weighted by atomic mass is 11.8. The van der Waals surface area contributed by atoms with Crippen molar-refractivity contribution in [1.82, 2.24) is 0 Å². The highest BCUT2D eigenvalue weighted by molar-refractivity contribution is 8.04. The first-order chi connectivity index (χ1) is 4.72. The maximum atomic E-state index is 12.1. The van der Waals surface area contributed by atoms with E-state index in [1.807, 2.05) is 0 Å². The fourth-order valence-corrected chi connectivity index (χ4v) is 1.80. The topological polar surface area (TPSA) is 97.7 Å². The zero-order valence-electron chi connectivity index (χ0n) is 5.26. The lowest BCUT2D eigenvalue weighted by molar-refractivity contribution is 0.353. The molecule has 0 amide bonds. The predicted octanol–water partition coefficient (Wildman–Crippen LogP) is -0.896. The molecule has 0 aromatic carbocycles. The summed E-state index contributed by atoms with van der Waals surface area (Å²) >= 11 is 0. The van der Waals surface area contributed by atoms with E-state index in [1.54, 1.807) is 0 Å². The van der Waals surface area contributed by atoms with Crippen molar-refractivity contribution in [2.75, 3.05) is 7.11 Å². The minimum Gasteiger partial charge on any atom is -0.282 e. The van der Waals surface area contributed by atoms with E-state index in [1.165, 1.54) is 0 Å². The minimum absolute atomic E-state index is 0.576. The first-order valence-electron chi connectivity index (χ1n) is 2.11. The molecule has 11 heavy (non-hydrogen) atoms. The van der Waals surface area contributed by atoms with Crippen molar-refractivity contribution in [2.45, 2.75) is 4.84 Å². The maximum Gasteiger partial charge on any atom is 0.348 e. The van der Waals surface area contributed by atoms with E-state index in [0.717, 1.165) is 0 Å². The van der Waals surface area contributed by atoms with Gasteiger partial charge in [-0.25, -0.2) is 4.39 Å². The molecule has 0 aromatic heterocycles. The molecule has 0 aliphatic carbocycles. The normalized spacial score (nSPS) is 16.3. The molecule has 0 spiro atoms. The quantitative estimate of drug-likeness (QED) is 0.477. The van der Waals surface area contributed by atoms with Crippen LogP contribution in [0.15, 0.2) is 0 Å². The van der Waals surface area contributed by atoms with E-state index in [4.69, 9.17) is 4.55 Å². The van der Waals surface area contributed by atoms with Crippen molar-refractivity contribution in [3.63, 3.8) is 0 Å². The smallest absolute Gasteiger partial charge is 0.282 e. The summed E-state index contributed by atoms with van der Waals surface area (Å²) in [6, 6.07) is 0. The van der Waals surface area contributed by atoms with Crippen LogP contribution in [0.25, 0.3) is 0 Å². The lowest BCUT2D eigenvalue weighted by Crippen LogP contribution is -2.26. The van der Waals surface area contributed by atoms with E-state index in [9.17, 15) is 21.2 Å². The van der Waals surface area contributed by atoms with Gasteiger partial charge in [0.15, 0.2) is 0 Å². The van der Waals surface area contributed by atoms with Crippen LogP contribution in [0, 0.1) is 0 Å². The molecular weight excluding hydrogens is 203 g/mol. The average molecular weight is 208 g/mol. The van der Waals surface area contributed by atoms with Crippen LogP contribution in [0.2, 0.25) is 0 Å². The Labute approximate surface area is 62.8 Å². The van der Waals surface area contributed by atoms with Gasteiger partial charge < -0.3 is 0 Å². The van der Waals surface area contributed by atoms with Crippen LogP contribution >= 0.6 is 0 Å². The predicted molar refractivity (Wildman–Crippen MR) is 32.4 cm³/mol. The van der Waals surface area contributed by atoms with Crippen molar-refractivity contribution < 1.29 is 30.0 Å². The van der Waals surface area contributed by atoms with Gasteiger partial charge in [0, 0.05) is 0 Å². The zero-order chi connectivity index (χ0) is 9.28. The third-order valence-electron chi connectivity index (χ3n) is 0.693. The van der Waals surface area contributed by atoms with E-state index >= 15 is 0 Å². The van der Waals surface area contributed by atoms with Crippen molar-refractivity contribution in [3.8, 4) is 0 Å². The first-order valence-corrected chi connectivity index (χ1v) is 5.09. The molecule has 1 N–H and O–H groups in total. The van der Waals surface area contributed by atoms with Crippen LogP contribution in [0.3, 0.4) is 0 Å². The molecule has 0 fully saturated rings. The zero-order valence-corrected chi connectivity index (χ0v) is 6.89. The third kappa shape index (κ3) is 2.69. The molecule has 6 nitrogen and oxygen atoms in total. The highest BCUT2D eigenvalue weighted by Crippen LogP contribution is 2.10. The van der Waals surface area contributed by atoms with E-state index in [0.29, 0.717) is 7.11 Å². The second kappa shape index (κ2) is 3.01. The van der Waals surface area contributed by atoms with Crippen molar-refractivity contribution in [3.05, 3.63) is 0 Å². The summed E-state index contributed by atoms with van der Waals surface area (Å²) in [6.07, 6.45) is 0. The minimum atomic E-state index is -5.25. The molecule has 0 aromatic rings. The van der Waals surface area contributed by atoms with Crippen LogP contribution in [0.5, 0.6) is 0 Å². The van der Waals surface area contributed by atoms with Crippen LogP contribution < -0.4 is 0 Å². The average Bonchev–Trinajstić information content (AvgIpc) is 1.84. The van der Waals surface area contributed by atoms with Gasteiger partial charge in [-0.3, -0.25) is 8.74 Å². The Kier molecular flexibility index (Phi) is 2.94. The summed E-state index contributed by atoms with van der Waals surface area (Å²) in [5, 5.41) is 0. The van der Waals surface area contributed by atoms with E-state index in [-0.39, 0.29) is 0 Å². The van der Waals surface area contributed by atoms with Gasteiger partial charge in [-0.1, -0.05) is 0 Å². The van der Waals surface area contributed by atoms with Gasteiger partial charge in [-0.05, 0) is 0 Å². The SMILES string of the molecule is COS(=O)(=O)C(F)S(=O)(=O)O. The Morgan fingerprint density at radius 2 is 1.73 bits per heavy atom. The fraction of sp³-hybridized carbons (Fsp3) is 1.00. The maximum absolute atomic E-state index is 12.1. The van der Waals surface area contributed by atoms with E-state index in [2.05, 4.69) is 4.18 Å². The molecule has 0 bridgehead atoms. The first kappa shape index (κ1) is 10.8. The van der Waals surface area contributed by atoms with Crippen molar-refractivity contribution in [2.24, 2.45) is 0 Å². The van der Waals surface area contributed by atoms with Crippen LogP contribution in [-0.4, -0.2) is 33.3 Å². The van der Waals surface area contributed by atoms with Crippen molar-refractivity contribution >= 4 is 20.2 Å². The van der Waals surface area contributed by atoms with Gasteiger partial charge in [-0.2, -0.15) is 16.8 Å². The Morgan fingerprint density at radius 3 is 1.82 bits per heavy atom. The number of halogens is 1. The molecule has 1 atom stereocenters. The molecule has 0 heterocycles.